The second-order valence-electron chi connectivity index (χ2n) is 5.92. The number of oxazole rings is 1. The zero-order valence-electron chi connectivity index (χ0n) is 13.0. The lowest BCUT2D eigenvalue weighted by Gasteiger charge is -2.28. The molecule has 20 heavy (non-hydrogen) atoms. The number of rotatable bonds is 10. The van der Waals surface area contributed by atoms with Gasteiger partial charge in [0.15, 0.2) is 4.67 Å². The first kappa shape index (κ1) is 18.5. The van der Waals surface area contributed by atoms with Gasteiger partial charge in [0.2, 0.25) is 0 Å². The Labute approximate surface area is 145 Å². The minimum absolute atomic E-state index is 0.147. The summed E-state index contributed by atoms with van der Waals surface area (Å²) in [6.07, 6.45) is 11.5. The van der Waals surface area contributed by atoms with Gasteiger partial charge in [0.25, 0.3) is 3.90 Å². The smallest absolute Gasteiger partial charge is 0.258 e. The van der Waals surface area contributed by atoms with Gasteiger partial charge >= 0.3 is 0 Å². The third-order valence-corrected chi connectivity index (χ3v) is 5.04. The predicted octanol–water partition coefficient (Wildman–Crippen LogP) is 6.85. The monoisotopic (exact) mass is 455 g/mol. The average Bonchev–Trinajstić information content (AvgIpc) is 2.76. The van der Waals surface area contributed by atoms with Gasteiger partial charge in [-0.05, 0) is 28.8 Å². The highest BCUT2D eigenvalue weighted by Gasteiger charge is 2.31. The second kappa shape index (κ2) is 9.44. The summed E-state index contributed by atoms with van der Waals surface area (Å²) in [6.45, 7) is 6.87. The highest BCUT2D eigenvalue weighted by atomic mass is 127. The summed E-state index contributed by atoms with van der Waals surface area (Å²) in [5, 5.41) is 0. The maximum absolute atomic E-state index is 5.58. The van der Waals surface area contributed by atoms with Crippen molar-refractivity contribution in [2.45, 2.75) is 84.0 Å². The van der Waals surface area contributed by atoms with Crippen molar-refractivity contribution in [3.63, 3.8) is 0 Å². The molecule has 1 heterocycles. The molecule has 1 aromatic rings. The molecule has 4 heteroatoms. The van der Waals surface area contributed by atoms with Crippen LogP contribution in [0.5, 0.6) is 0 Å². The fourth-order valence-corrected chi connectivity index (χ4v) is 4.18. The van der Waals surface area contributed by atoms with Crippen molar-refractivity contribution in [1.29, 1.82) is 0 Å². The molecule has 1 unspecified atom stereocenters. The number of unbranched alkanes of at least 4 members (excludes halogenated alkanes) is 5. The van der Waals surface area contributed by atoms with Gasteiger partial charge in [0, 0.05) is 28.0 Å². The number of nitrogens with zero attached hydrogens (tertiary/aromatic N) is 1. The molecule has 0 N–H and O–H groups in total. The summed E-state index contributed by atoms with van der Waals surface area (Å²) in [7, 11) is 0. The molecule has 0 aliphatic carbocycles. The third-order valence-electron chi connectivity index (χ3n) is 4.05. The SMILES string of the molecule is CCCCCCCC(C)(CCCC)c1nc(I)oc1Br. The average molecular weight is 456 g/mol. The van der Waals surface area contributed by atoms with Crippen LogP contribution in [-0.2, 0) is 5.41 Å². The van der Waals surface area contributed by atoms with E-state index in [-0.39, 0.29) is 5.41 Å². The minimum atomic E-state index is 0.147. The largest absolute Gasteiger partial charge is 0.425 e. The van der Waals surface area contributed by atoms with Crippen LogP contribution < -0.4 is 0 Å². The number of aromatic nitrogens is 1. The van der Waals surface area contributed by atoms with Crippen LogP contribution in [0.15, 0.2) is 9.09 Å². The first-order chi connectivity index (χ1) is 9.53. The van der Waals surface area contributed by atoms with E-state index in [1.807, 2.05) is 0 Å². The normalized spacial score (nSPS) is 14.4. The van der Waals surface area contributed by atoms with Gasteiger partial charge in [-0.1, -0.05) is 65.7 Å². The fraction of sp³-hybridized carbons (Fsp3) is 0.812. The van der Waals surface area contributed by atoms with E-state index >= 15 is 0 Å². The molecule has 2 nitrogen and oxygen atoms in total. The molecule has 0 aliphatic rings. The quantitative estimate of drug-likeness (QED) is 0.284. The Kier molecular flexibility index (Phi) is 8.72. The van der Waals surface area contributed by atoms with Crippen molar-refractivity contribution in [3.8, 4) is 0 Å². The van der Waals surface area contributed by atoms with Gasteiger partial charge in [-0.15, -0.1) is 0 Å². The highest BCUT2D eigenvalue weighted by molar-refractivity contribution is 14.1. The number of hydrogen-bond donors (Lipinski definition) is 0. The van der Waals surface area contributed by atoms with E-state index in [4.69, 9.17) is 4.42 Å². The van der Waals surface area contributed by atoms with Gasteiger partial charge in [0.05, 0.1) is 0 Å². The predicted molar refractivity (Wildman–Crippen MR) is 97.2 cm³/mol. The second-order valence-corrected chi connectivity index (χ2v) is 7.56. The lowest BCUT2D eigenvalue weighted by molar-refractivity contribution is 0.355. The first-order valence-electron chi connectivity index (χ1n) is 7.85. The van der Waals surface area contributed by atoms with E-state index in [1.165, 1.54) is 57.8 Å². The van der Waals surface area contributed by atoms with Gasteiger partial charge in [-0.25, -0.2) is 4.98 Å². The van der Waals surface area contributed by atoms with Crippen LogP contribution >= 0.6 is 38.5 Å². The summed E-state index contributed by atoms with van der Waals surface area (Å²) < 4.78 is 7.14. The molecular formula is C16H27BrINO. The van der Waals surface area contributed by atoms with Crippen molar-refractivity contribution in [2.75, 3.05) is 0 Å². The molecule has 0 bridgehead atoms. The fourth-order valence-electron chi connectivity index (χ4n) is 2.70. The summed E-state index contributed by atoms with van der Waals surface area (Å²) >= 11 is 5.70. The lowest BCUT2D eigenvalue weighted by atomic mass is 9.77. The van der Waals surface area contributed by atoms with Crippen LogP contribution in [0.1, 0.15) is 84.3 Å². The summed E-state index contributed by atoms with van der Waals surface area (Å²) in [5.41, 5.74) is 1.26. The Morgan fingerprint density at radius 1 is 1.05 bits per heavy atom. The molecule has 0 amide bonds. The van der Waals surface area contributed by atoms with E-state index in [0.717, 1.165) is 14.3 Å². The molecule has 0 radical (unpaired) electrons. The van der Waals surface area contributed by atoms with Gasteiger partial charge in [0.1, 0.15) is 5.69 Å². The number of hydrogen-bond acceptors (Lipinski definition) is 2. The lowest BCUT2D eigenvalue weighted by Crippen LogP contribution is -2.23. The minimum Gasteiger partial charge on any atom is -0.425 e. The molecule has 1 atom stereocenters. The molecule has 0 aliphatic heterocycles. The highest BCUT2D eigenvalue weighted by Crippen LogP contribution is 2.39. The van der Waals surface area contributed by atoms with Crippen LogP contribution in [0.3, 0.4) is 0 Å². The molecule has 116 valence electrons. The molecule has 0 saturated heterocycles. The van der Waals surface area contributed by atoms with E-state index in [1.54, 1.807) is 0 Å². The number of halogens is 2. The summed E-state index contributed by atoms with van der Waals surface area (Å²) in [4.78, 5) is 4.62. The van der Waals surface area contributed by atoms with Crippen LogP contribution in [0.4, 0.5) is 0 Å². The van der Waals surface area contributed by atoms with E-state index in [0.29, 0.717) is 0 Å². The van der Waals surface area contributed by atoms with Crippen molar-refractivity contribution >= 4 is 38.5 Å². The van der Waals surface area contributed by atoms with Crippen molar-refractivity contribution in [2.24, 2.45) is 0 Å². The summed E-state index contributed by atoms with van der Waals surface area (Å²) in [5.74, 6) is 0. The van der Waals surface area contributed by atoms with E-state index in [9.17, 15) is 0 Å². The molecule has 0 fully saturated rings. The van der Waals surface area contributed by atoms with Crippen LogP contribution in [0.2, 0.25) is 0 Å². The van der Waals surface area contributed by atoms with Gasteiger partial charge in [-0.3, -0.25) is 0 Å². The summed E-state index contributed by atoms with van der Waals surface area (Å²) in [6, 6.07) is 0. The van der Waals surface area contributed by atoms with E-state index in [2.05, 4.69) is 64.3 Å². The van der Waals surface area contributed by atoms with Crippen molar-refractivity contribution in [3.05, 3.63) is 14.3 Å². The van der Waals surface area contributed by atoms with Crippen LogP contribution in [0, 0.1) is 3.90 Å². The van der Waals surface area contributed by atoms with Crippen LogP contribution in [-0.4, -0.2) is 4.98 Å². The van der Waals surface area contributed by atoms with Crippen molar-refractivity contribution < 1.29 is 4.42 Å². The Morgan fingerprint density at radius 3 is 2.20 bits per heavy atom. The Hall–Kier alpha value is 0.420. The first-order valence-corrected chi connectivity index (χ1v) is 9.73. The molecule has 1 rings (SSSR count). The van der Waals surface area contributed by atoms with E-state index < -0.39 is 0 Å². The van der Waals surface area contributed by atoms with Gasteiger partial charge in [-0.2, -0.15) is 0 Å². The van der Waals surface area contributed by atoms with Crippen molar-refractivity contribution in [1.82, 2.24) is 4.98 Å². The molecule has 0 aromatic carbocycles. The topological polar surface area (TPSA) is 26.0 Å². The molecule has 0 saturated carbocycles. The molecular weight excluding hydrogens is 429 g/mol. The zero-order valence-corrected chi connectivity index (χ0v) is 16.7. The Balaban J connectivity index is 2.68. The Bertz CT molecular complexity index is 394. The standard InChI is InChI=1S/C16H27BrINO/c1-4-6-8-9-10-12-16(3,11-7-5-2)13-14(17)20-15(18)19-13/h4-12H2,1-3H3. The maximum Gasteiger partial charge on any atom is 0.258 e. The maximum atomic E-state index is 5.58. The van der Waals surface area contributed by atoms with Gasteiger partial charge < -0.3 is 4.42 Å². The molecule has 0 spiro atoms. The van der Waals surface area contributed by atoms with Crippen LogP contribution in [0.25, 0.3) is 0 Å². The Morgan fingerprint density at radius 2 is 1.65 bits per heavy atom. The zero-order chi connectivity index (χ0) is 15.0. The third kappa shape index (κ3) is 5.66. The molecule has 1 aromatic heterocycles.